The van der Waals surface area contributed by atoms with E-state index in [4.69, 9.17) is 5.11 Å². The summed E-state index contributed by atoms with van der Waals surface area (Å²) in [6.45, 7) is 0.00214. The maximum Gasteiger partial charge on any atom is 0.230 e. The van der Waals surface area contributed by atoms with Crippen molar-refractivity contribution < 1.29 is 9.90 Å². The van der Waals surface area contributed by atoms with Gasteiger partial charge in [-0.15, -0.1) is 0 Å². The molecule has 1 aromatic heterocycles. The Hall–Kier alpha value is -2.20. The smallest absolute Gasteiger partial charge is 0.230 e. The van der Waals surface area contributed by atoms with Crippen LogP contribution in [0.1, 0.15) is 11.3 Å². The molecule has 1 aromatic carbocycles. The molecule has 0 saturated heterocycles. The molecule has 0 spiro atoms. The lowest BCUT2D eigenvalue weighted by Crippen LogP contribution is -2.15. The van der Waals surface area contributed by atoms with Gasteiger partial charge in [-0.25, -0.2) is 0 Å². The number of hydrogen-bond acceptors (Lipinski definition) is 3. The van der Waals surface area contributed by atoms with Crippen LogP contribution in [0.3, 0.4) is 0 Å². The first-order valence-corrected chi connectivity index (χ1v) is 5.67. The minimum Gasteiger partial charge on any atom is -0.392 e. The molecule has 0 atom stereocenters. The molecule has 0 aliphatic rings. The monoisotopic (exact) mass is 242 g/mol. The molecule has 2 rings (SSSR count). The number of aromatic nitrogens is 1. The van der Waals surface area contributed by atoms with E-state index < -0.39 is 0 Å². The van der Waals surface area contributed by atoms with Crippen molar-refractivity contribution in [3.8, 4) is 0 Å². The molecule has 0 aliphatic carbocycles. The van der Waals surface area contributed by atoms with Crippen LogP contribution < -0.4 is 5.32 Å². The van der Waals surface area contributed by atoms with Gasteiger partial charge in [0.05, 0.1) is 13.0 Å². The van der Waals surface area contributed by atoms with Crippen LogP contribution in [0, 0.1) is 0 Å². The van der Waals surface area contributed by atoms with Crippen molar-refractivity contribution in [2.75, 3.05) is 5.32 Å². The number of carbonyl (C=O) groups is 1. The highest BCUT2D eigenvalue weighted by atomic mass is 16.3. The number of nitrogens with zero attached hydrogens (tertiary/aromatic N) is 1. The average molecular weight is 242 g/mol. The second-order valence-electron chi connectivity index (χ2n) is 3.90. The van der Waals surface area contributed by atoms with Gasteiger partial charge < -0.3 is 10.4 Å². The van der Waals surface area contributed by atoms with Crippen molar-refractivity contribution in [3.05, 3.63) is 59.9 Å². The molecule has 0 saturated carbocycles. The van der Waals surface area contributed by atoms with Gasteiger partial charge in [0.25, 0.3) is 0 Å². The van der Waals surface area contributed by atoms with Gasteiger partial charge in [-0.1, -0.05) is 18.2 Å². The van der Waals surface area contributed by atoms with E-state index in [-0.39, 0.29) is 18.9 Å². The third-order valence-corrected chi connectivity index (χ3v) is 2.49. The molecule has 4 heteroatoms. The standard InChI is InChI=1S/C14H14N2O2/c17-10-11-4-6-12(7-5-11)16-14(18)9-13-3-1-2-8-15-13/h1-8,17H,9-10H2,(H,16,18). The van der Waals surface area contributed by atoms with Crippen molar-refractivity contribution in [1.82, 2.24) is 4.98 Å². The summed E-state index contributed by atoms with van der Waals surface area (Å²) in [6.07, 6.45) is 1.92. The first kappa shape index (κ1) is 12.3. The van der Waals surface area contributed by atoms with Crippen molar-refractivity contribution in [3.63, 3.8) is 0 Å². The number of aliphatic hydroxyl groups is 1. The van der Waals surface area contributed by atoms with E-state index in [0.717, 1.165) is 11.3 Å². The van der Waals surface area contributed by atoms with E-state index in [0.29, 0.717) is 5.69 Å². The Bertz CT molecular complexity index is 509. The Kier molecular flexibility index (Phi) is 4.04. The zero-order valence-electron chi connectivity index (χ0n) is 9.84. The molecular weight excluding hydrogens is 228 g/mol. The minimum absolute atomic E-state index is 0.00214. The van der Waals surface area contributed by atoms with Gasteiger partial charge >= 0.3 is 0 Å². The number of anilines is 1. The Balaban J connectivity index is 1.94. The molecule has 0 radical (unpaired) electrons. The summed E-state index contributed by atoms with van der Waals surface area (Å²) in [6, 6.07) is 12.6. The second kappa shape index (κ2) is 5.93. The van der Waals surface area contributed by atoms with Crippen LogP contribution in [-0.2, 0) is 17.8 Å². The van der Waals surface area contributed by atoms with E-state index in [1.165, 1.54) is 0 Å². The van der Waals surface area contributed by atoms with Gasteiger partial charge in [-0.05, 0) is 29.8 Å². The first-order chi connectivity index (χ1) is 8.78. The van der Waals surface area contributed by atoms with Crippen molar-refractivity contribution in [2.45, 2.75) is 13.0 Å². The number of amides is 1. The van der Waals surface area contributed by atoms with Gasteiger partial charge in [0, 0.05) is 17.6 Å². The Morgan fingerprint density at radius 2 is 1.94 bits per heavy atom. The number of nitrogens with one attached hydrogen (secondary N) is 1. The van der Waals surface area contributed by atoms with Gasteiger partial charge in [-0.2, -0.15) is 0 Å². The zero-order chi connectivity index (χ0) is 12.8. The molecule has 18 heavy (non-hydrogen) atoms. The predicted octanol–water partition coefficient (Wildman–Crippen LogP) is 1.76. The maximum atomic E-state index is 11.7. The lowest BCUT2D eigenvalue weighted by atomic mass is 10.2. The predicted molar refractivity (Wildman–Crippen MR) is 68.9 cm³/mol. The number of carbonyl (C=O) groups excluding carboxylic acids is 1. The highest BCUT2D eigenvalue weighted by Gasteiger charge is 2.04. The molecule has 2 N–H and O–H groups in total. The third kappa shape index (κ3) is 3.40. The third-order valence-electron chi connectivity index (χ3n) is 2.49. The second-order valence-corrected chi connectivity index (χ2v) is 3.90. The SMILES string of the molecule is O=C(Cc1ccccn1)Nc1ccc(CO)cc1. The van der Waals surface area contributed by atoms with Gasteiger partial charge in [-0.3, -0.25) is 9.78 Å². The molecule has 1 amide bonds. The highest BCUT2D eigenvalue weighted by molar-refractivity contribution is 5.91. The fourth-order valence-electron chi connectivity index (χ4n) is 1.57. The summed E-state index contributed by atoms with van der Waals surface area (Å²) in [5.74, 6) is -0.106. The summed E-state index contributed by atoms with van der Waals surface area (Å²) >= 11 is 0. The van der Waals surface area contributed by atoms with Crippen LogP contribution in [0.5, 0.6) is 0 Å². The minimum atomic E-state index is -0.106. The molecule has 0 aliphatic heterocycles. The van der Waals surface area contributed by atoms with Crippen molar-refractivity contribution in [2.24, 2.45) is 0 Å². The molecule has 2 aromatic rings. The maximum absolute atomic E-state index is 11.7. The Labute approximate surface area is 105 Å². The van der Waals surface area contributed by atoms with Crippen molar-refractivity contribution >= 4 is 11.6 Å². The number of rotatable bonds is 4. The molecule has 1 heterocycles. The van der Waals surface area contributed by atoms with Crippen LogP contribution >= 0.6 is 0 Å². The average Bonchev–Trinajstić information content (AvgIpc) is 2.40. The lowest BCUT2D eigenvalue weighted by molar-refractivity contribution is -0.115. The number of pyridine rings is 1. The summed E-state index contributed by atoms with van der Waals surface area (Å²) in [4.78, 5) is 15.8. The molecule has 0 bridgehead atoms. The molecule has 92 valence electrons. The summed E-state index contributed by atoms with van der Waals surface area (Å²) in [7, 11) is 0. The topological polar surface area (TPSA) is 62.2 Å². The number of aliphatic hydroxyl groups excluding tert-OH is 1. The van der Waals surface area contributed by atoms with Crippen molar-refractivity contribution in [1.29, 1.82) is 0 Å². The van der Waals surface area contributed by atoms with Gasteiger partial charge in [0.1, 0.15) is 0 Å². The van der Waals surface area contributed by atoms with E-state index in [9.17, 15) is 4.79 Å². The Morgan fingerprint density at radius 3 is 2.56 bits per heavy atom. The summed E-state index contributed by atoms with van der Waals surface area (Å²) < 4.78 is 0. The highest BCUT2D eigenvalue weighted by Crippen LogP contribution is 2.10. The van der Waals surface area contributed by atoms with Crippen LogP contribution in [0.4, 0.5) is 5.69 Å². The lowest BCUT2D eigenvalue weighted by Gasteiger charge is -2.05. The summed E-state index contributed by atoms with van der Waals surface area (Å²) in [5, 5.41) is 11.7. The van der Waals surface area contributed by atoms with Crippen LogP contribution in [0.15, 0.2) is 48.7 Å². The van der Waals surface area contributed by atoms with E-state index >= 15 is 0 Å². The fourth-order valence-corrected chi connectivity index (χ4v) is 1.57. The van der Waals surface area contributed by atoms with Crippen LogP contribution in [-0.4, -0.2) is 16.0 Å². The normalized spacial score (nSPS) is 10.1. The number of hydrogen-bond donors (Lipinski definition) is 2. The van der Waals surface area contributed by atoms with E-state index in [2.05, 4.69) is 10.3 Å². The van der Waals surface area contributed by atoms with E-state index in [1.54, 1.807) is 30.5 Å². The van der Waals surface area contributed by atoms with Crippen LogP contribution in [0.2, 0.25) is 0 Å². The zero-order valence-corrected chi connectivity index (χ0v) is 9.84. The van der Waals surface area contributed by atoms with Crippen LogP contribution in [0.25, 0.3) is 0 Å². The molecule has 0 fully saturated rings. The van der Waals surface area contributed by atoms with Gasteiger partial charge in [0.15, 0.2) is 0 Å². The number of benzene rings is 1. The fraction of sp³-hybridized carbons (Fsp3) is 0.143. The largest absolute Gasteiger partial charge is 0.392 e. The van der Waals surface area contributed by atoms with E-state index in [1.807, 2.05) is 18.2 Å². The molecule has 4 nitrogen and oxygen atoms in total. The van der Waals surface area contributed by atoms with Gasteiger partial charge in [0.2, 0.25) is 5.91 Å². The quantitative estimate of drug-likeness (QED) is 0.858. The summed E-state index contributed by atoms with van der Waals surface area (Å²) in [5.41, 5.74) is 2.27. The molecule has 0 unspecified atom stereocenters. The Morgan fingerprint density at radius 1 is 1.17 bits per heavy atom. The molecular formula is C14H14N2O2. The first-order valence-electron chi connectivity index (χ1n) is 5.67.